The Kier molecular flexibility index (Phi) is 3.78. The average molecular weight is 255 g/mol. The molecule has 0 unspecified atom stereocenters. The fourth-order valence-corrected chi connectivity index (χ4v) is 1.53. The molecule has 0 saturated carbocycles. The standard InChI is InChI=1S/C14H13N3O2/c15-14(19)12-8-10(6-7-13(12)18)9-16-17-11-4-2-1-3-5-11/h1-9,17-18H,(H2,15,19). The molecule has 2 aromatic rings. The van der Waals surface area contributed by atoms with Crippen LogP contribution in [0.25, 0.3) is 0 Å². The third-order valence-electron chi connectivity index (χ3n) is 2.47. The second kappa shape index (κ2) is 5.68. The Morgan fingerprint density at radius 3 is 2.63 bits per heavy atom. The van der Waals surface area contributed by atoms with E-state index < -0.39 is 5.91 Å². The first kappa shape index (κ1) is 12.6. The minimum atomic E-state index is -0.677. The summed E-state index contributed by atoms with van der Waals surface area (Å²) in [6.45, 7) is 0. The normalized spacial score (nSPS) is 10.5. The number of para-hydroxylation sites is 1. The number of phenols is 1. The number of aromatic hydroxyl groups is 1. The molecule has 2 aromatic carbocycles. The summed E-state index contributed by atoms with van der Waals surface area (Å²) in [5.74, 6) is -0.815. The maximum Gasteiger partial charge on any atom is 0.252 e. The van der Waals surface area contributed by atoms with Crippen LogP contribution in [0.15, 0.2) is 53.6 Å². The Bertz CT molecular complexity index is 609. The van der Waals surface area contributed by atoms with Crippen molar-refractivity contribution in [1.29, 1.82) is 0 Å². The molecular weight excluding hydrogens is 242 g/mol. The number of amides is 1. The van der Waals surface area contributed by atoms with Gasteiger partial charge in [0.2, 0.25) is 0 Å². The molecule has 0 aromatic heterocycles. The van der Waals surface area contributed by atoms with Crippen LogP contribution in [0.1, 0.15) is 15.9 Å². The predicted molar refractivity (Wildman–Crippen MR) is 74.3 cm³/mol. The number of carbonyl (C=O) groups is 1. The van der Waals surface area contributed by atoms with Crippen LogP contribution in [0, 0.1) is 0 Å². The number of hydrogen-bond donors (Lipinski definition) is 3. The second-order valence-corrected chi connectivity index (χ2v) is 3.88. The highest BCUT2D eigenvalue weighted by molar-refractivity contribution is 5.97. The highest BCUT2D eigenvalue weighted by Gasteiger charge is 2.07. The van der Waals surface area contributed by atoms with Crippen molar-refractivity contribution < 1.29 is 9.90 Å². The molecule has 19 heavy (non-hydrogen) atoms. The fraction of sp³-hybridized carbons (Fsp3) is 0. The van der Waals surface area contributed by atoms with Crippen molar-refractivity contribution in [2.75, 3.05) is 5.43 Å². The van der Waals surface area contributed by atoms with Gasteiger partial charge >= 0.3 is 0 Å². The fourth-order valence-electron chi connectivity index (χ4n) is 1.53. The summed E-state index contributed by atoms with van der Waals surface area (Å²) in [5.41, 5.74) is 9.58. The van der Waals surface area contributed by atoms with E-state index in [2.05, 4.69) is 10.5 Å². The van der Waals surface area contributed by atoms with Crippen molar-refractivity contribution in [2.24, 2.45) is 10.8 Å². The van der Waals surface area contributed by atoms with Crippen LogP contribution >= 0.6 is 0 Å². The zero-order chi connectivity index (χ0) is 13.7. The first-order valence-corrected chi connectivity index (χ1v) is 5.64. The van der Waals surface area contributed by atoms with Gasteiger partial charge in [0, 0.05) is 0 Å². The summed E-state index contributed by atoms with van der Waals surface area (Å²) >= 11 is 0. The topological polar surface area (TPSA) is 87.7 Å². The van der Waals surface area contributed by atoms with Crippen LogP contribution in [0.2, 0.25) is 0 Å². The highest BCUT2D eigenvalue weighted by Crippen LogP contribution is 2.17. The van der Waals surface area contributed by atoms with Crippen molar-refractivity contribution in [1.82, 2.24) is 0 Å². The molecule has 5 heteroatoms. The van der Waals surface area contributed by atoms with Gasteiger partial charge in [-0.1, -0.05) is 18.2 Å². The quantitative estimate of drug-likeness (QED) is 0.576. The van der Waals surface area contributed by atoms with Gasteiger partial charge < -0.3 is 10.8 Å². The Balaban J connectivity index is 2.11. The van der Waals surface area contributed by atoms with Crippen LogP contribution in [0.5, 0.6) is 5.75 Å². The molecule has 0 saturated heterocycles. The lowest BCUT2D eigenvalue weighted by Gasteiger charge is -2.02. The lowest BCUT2D eigenvalue weighted by Crippen LogP contribution is -2.11. The van der Waals surface area contributed by atoms with Gasteiger partial charge in [-0.3, -0.25) is 10.2 Å². The molecule has 0 bridgehead atoms. The number of benzene rings is 2. The molecule has 2 rings (SSSR count). The van der Waals surface area contributed by atoms with Gasteiger partial charge in [0.1, 0.15) is 5.75 Å². The molecule has 0 fully saturated rings. The van der Waals surface area contributed by atoms with E-state index in [1.165, 1.54) is 12.1 Å². The molecule has 0 heterocycles. The Labute approximate surface area is 110 Å². The summed E-state index contributed by atoms with van der Waals surface area (Å²) in [5, 5.41) is 13.5. The van der Waals surface area contributed by atoms with Crippen molar-refractivity contribution in [3.63, 3.8) is 0 Å². The number of primary amides is 1. The number of anilines is 1. The van der Waals surface area contributed by atoms with Gasteiger partial charge in [0.25, 0.3) is 5.91 Å². The van der Waals surface area contributed by atoms with Crippen LogP contribution < -0.4 is 11.2 Å². The third-order valence-corrected chi connectivity index (χ3v) is 2.47. The molecule has 1 amide bonds. The van der Waals surface area contributed by atoms with E-state index in [0.717, 1.165) is 5.69 Å². The minimum absolute atomic E-state index is 0.0728. The monoisotopic (exact) mass is 255 g/mol. The minimum Gasteiger partial charge on any atom is -0.507 e. The maximum absolute atomic E-state index is 11.1. The summed E-state index contributed by atoms with van der Waals surface area (Å²) in [4.78, 5) is 11.1. The first-order valence-electron chi connectivity index (χ1n) is 5.64. The zero-order valence-corrected chi connectivity index (χ0v) is 10.1. The lowest BCUT2D eigenvalue weighted by atomic mass is 10.1. The summed E-state index contributed by atoms with van der Waals surface area (Å²) in [6, 6.07) is 14.0. The van der Waals surface area contributed by atoms with Crippen LogP contribution in [0.4, 0.5) is 5.69 Å². The first-order chi connectivity index (χ1) is 9.16. The Morgan fingerprint density at radius 1 is 1.21 bits per heavy atom. The highest BCUT2D eigenvalue weighted by atomic mass is 16.3. The largest absolute Gasteiger partial charge is 0.507 e. The van der Waals surface area contributed by atoms with E-state index in [9.17, 15) is 9.90 Å². The molecule has 5 nitrogen and oxygen atoms in total. The van der Waals surface area contributed by atoms with E-state index in [1.807, 2.05) is 30.3 Å². The van der Waals surface area contributed by atoms with Crippen molar-refractivity contribution in [3.8, 4) is 5.75 Å². The number of nitrogens with one attached hydrogen (secondary N) is 1. The number of rotatable bonds is 4. The average Bonchev–Trinajstić information content (AvgIpc) is 2.41. The van der Waals surface area contributed by atoms with E-state index >= 15 is 0 Å². The summed E-state index contributed by atoms with van der Waals surface area (Å²) in [6.07, 6.45) is 1.54. The van der Waals surface area contributed by atoms with Gasteiger partial charge in [0.15, 0.2) is 0 Å². The number of nitrogens with zero attached hydrogens (tertiary/aromatic N) is 1. The molecule has 96 valence electrons. The third kappa shape index (κ3) is 3.32. The molecule has 0 radical (unpaired) electrons. The van der Waals surface area contributed by atoms with Gasteiger partial charge in [-0.15, -0.1) is 0 Å². The van der Waals surface area contributed by atoms with Gasteiger partial charge in [-0.05, 0) is 35.9 Å². The van der Waals surface area contributed by atoms with E-state index in [0.29, 0.717) is 5.56 Å². The number of hydrogen-bond acceptors (Lipinski definition) is 4. The van der Waals surface area contributed by atoms with Crippen molar-refractivity contribution >= 4 is 17.8 Å². The molecule has 0 aliphatic rings. The molecule has 4 N–H and O–H groups in total. The summed E-state index contributed by atoms with van der Waals surface area (Å²) in [7, 11) is 0. The number of hydrazone groups is 1. The smallest absolute Gasteiger partial charge is 0.252 e. The van der Waals surface area contributed by atoms with E-state index in [1.54, 1.807) is 12.3 Å². The van der Waals surface area contributed by atoms with Gasteiger partial charge in [-0.2, -0.15) is 5.10 Å². The van der Waals surface area contributed by atoms with E-state index in [-0.39, 0.29) is 11.3 Å². The van der Waals surface area contributed by atoms with E-state index in [4.69, 9.17) is 5.73 Å². The Hall–Kier alpha value is -2.82. The van der Waals surface area contributed by atoms with Crippen LogP contribution in [0.3, 0.4) is 0 Å². The van der Waals surface area contributed by atoms with Gasteiger partial charge in [-0.25, -0.2) is 0 Å². The SMILES string of the molecule is NC(=O)c1cc(C=NNc2ccccc2)ccc1O. The van der Waals surface area contributed by atoms with Crippen LogP contribution in [-0.2, 0) is 0 Å². The Morgan fingerprint density at radius 2 is 1.95 bits per heavy atom. The number of nitrogens with two attached hydrogens (primary N) is 1. The van der Waals surface area contributed by atoms with Gasteiger partial charge in [0.05, 0.1) is 17.5 Å². The van der Waals surface area contributed by atoms with Crippen molar-refractivity contribution in [2.45, 2.75) is 0 Å². The molecule has 0 aliphatic carbocycles. The lowest BCUT2D eigenvalue weighted by molar-refractivity contribution is 0.0998. The molecule has 0 aliphatic heterocycles. The molecule has 0 spiro atoms. The zero-order valence-electron chi connectivity index (χ0n) is 10.1. The molecular formula is C14H13N3O2. The maximum atomic E-state index is 11.1. The predicted octanol–water partition coefficient (Wildman–Crippen LogP) is 1.94. The second-order valence-electron chi connectivity index (χ2n) is 3.88. The van der Waals surface area contributed by atoms with Crippen molar-refractivity contribution in [3.05, 3.63) is 59.7 Å². The number of carbonyl (C=O) groups excluding carboxylic acids is 1. The van der Waals surface area contributed by atoms with Crippen LogP contribution in [-0.4, -0.2) is 17.2 Å². The summed E-state index contributed by atoms with van der Waals surface area (Å²) < 4.78 is 0. The molecule has 0 atom stereocenters.